The molecule has 2 aliphatic rings. The van der Waals surface area contributed by atoms with E-state index in [0.717, 1.165) is 49.4 Å². The van der Waals surface area contributed by atoms with E-state index in [1.165, 1.54) is 5.56 Å². The number of likely N-dealkylation sites (tertiary alicyclic amines) is 1. The molecule has 0 aliphatic carbocycles. The molecule has 0 radical (unpaired) electrons. The predicted molar refractivity (Wildman–Crippen MR) is 121 cm³/mol. The van der Waals surface area contributed by atoms with Crippen LogP contribution in [0.15, 0.2) is 42.7 Å². The number of anilines is 1. The Morgan fingerprint density at radius 1 is 1.17 bits per heavy atom. The number of pyridine rings is 1. The van der Waals surface area contributed by atoms with E-state index in [1.54, 1.807) is 0 Å². The molecule has 1 aromatic heterocycles. The zero-order valence-corrected chi connectivity index (χ0v) is 18.7. The first kappa shape index (κ1) is 21.3. The van der Waals surface area contributed by atoms with Crippen LogP contribution >= 0.6 is 0 Å². The molecule has 162 valence electrons. The number of nitrogens with zero attached hydrogens (tertiary/aromatic N) is 3. The number of hydrogen-bond acceptors (Lipinski definition) is 5. The normalized spacial score (nSPS) is 23.4. The van der Waals surface area contributed by atoms with Gasteiger partial charge in [-0.25, -0.2) is 0 Å². The maximum Gasteiger partial charge on any atom is 0.124 e. The van der Waals surface area contributed by atoms with Crippen molar-refractivity contribution in [3.63, 3.8) is 0 Å². The van der Waals surface area contributed by atoms with Gasteiger partial charge in [0.15, 0.2) is 0 Å². The van der Waals surface area contributed by atoms with Crippen molar-refractivity contribution in [2.45, 2.75) is 38.7 Å². The van der Waals surface area contributed by atoms with Gasteiger partial charge in [-0.1, -0.05) is 45.0 Å². The number of rotatable bonds is 6. The Hall–Kier alpha value is -1.95. The number of benzene rings is 1. The van der Waals surface area contributed by atoms with Gasteiger partial charge in [0.1, 0.15) is 5.60 Å². The second kappa shape index (κ2) is 7.95. The minimum Gasteiger partial charge on any atom is -0.396 e. The van der Waals surface area contributed by atoms with Gasteiger partial charge in [-0.2, -0.15) is 0 Å². The number of aliphatic hydroxyl groups excluding tert-OH is 1. The average molecular weight is 410 g/mol. The molecule has 2 N–H and O–H groups in total. The van der Waals surface area contributed by atoms with Crippen LogP contribution in [0.1, 0.15) is 49.8 Å². The monoisotopic (exact) mass is 409 g/mol. The Balaban J connectivity index is 1.75. The van der Waals surface area contributed by atoms with Gasteiger partial charge in [0.25, 0.3) is 0 Å². The van der Waals surface area contributed by atoms with Crippen LogP contribution in [0.4, 0.5) is 5.69 Å². The first-order valence-corrected chi connectivity index (χ1v) is 11.1. The summed E-state index contributed by atoms with van der Waals surface area (Å²) in [7, 11) is 2.10. The Morgan fingerprint density at radius 2 is 1.87 bits per heavy atom. The molecule has 0 amide bonds. The second-order valence-electron chi connectivity index (χ2n) is 9.94. The van der Waals surface area contributed by atoms with Crippen LogP contribution in [0.3, 0.4) is 0 Å². The van der Waals surface area contributed by atoms with Gasteiger partial charge in [0.05, 0.1) is 11.9 Å². The quantitative estimate of drug-likeness (QED) is 0.767. The Bertz CT molecular complexity index is 876. The molecule has 0 spiro atoms. The first-order valence-electron chi connectivity index (χ1n) is 11.1. The molecule has 1 aromatic carbocycles. The lowest BCUT2D eigenvalue weighted by molar-refractivity contribution is -0.127. The summed E-state index contributed by atoms with van der Waals surface area (Å²) in [5.41, 5.74) is 2.66. The van der Waals surface area contributed by atoms with E-state index in [-0.39, 0.29) is 12.0 Å². The minimum absolute atomic E-state index is 0.222. The van der Waals surface area contributed by atoms with Crippen LogP contribution < -0.4 is 4.90 Å². The largest absolute Gasteiger partial charge is 0.396 e. The van der Waals surface area contributed by atoms with Crippen molar-refractivity contribution in [2.24, 2.45) is 11.3 Å². The SMILES string of the molecule is CC(C)c1ccc(C(O)(c2cncc(N3CC[C@H](CO)C3)c2)C2(C)CN(C)C2)cc1. The maximum atomic E-state index is 12.3. The van der Waals surface area contributed by atoms with E-state index < -0.39 is 5.60 Å². The summed E-state index contributed by atoms with van der Waals surface area (Å²) in [6.07, 6.45) is 4.69. The molecule has 0 saturated carbocycles. The lowest BCUT2D eigenvalue weighted by atomic mass is 9.62. The van der Waals surface area contributed by atoms with Crippen molar-refractivity contribution < 1.29 is 10.2 Å². The van der Waals surface area contributed by atoms with E-state index >= 15 is 0 Å². The summed E-state index contributed by atoms with van der Waals surface area (Å²) in [4.78, 5) is 9.05. The fourth-order valence-electron chi connectivity index (χ4n) is 5.36. The van der Waals surface area contributed by atoms with E-state index in [0.29, 0.717) is 11.8 Å². The van der Waals surface area contributed by atoms with Gasteiger partial charge >= 0.3 is 0 Å². The second-order valence-corrected chi connectivity index (χ2v) is 9.94. The van der Waals surface area contributed by atoms with Crippen LogP contribution in [0.25, 0.3) is 0 Å². The molecule has 3 heterocycles. The molecule has 1 unspecified atom stereocenters. The highest BCUT2D eigenvalue weighted by molar-refractivity contribution is 5.51. The van der Waals surface area contributed by atoms with Gasteiger partial charge in [-0.3, -0.25) is 4.98 Å². The van der Waals surface area contributed by atoms with E-state index in [1.807, 2.05) is 12.4 Å². The molecule has 2 aliphatic heterocycles. The number of hydrogen-bond donors (Lipinski definition) is 2. The number of aromatic nitrogens is 1. The number of aliphatic hydroxyl groups is 2. The molecular formula is C25H35N3O2. The third-order valence-corrected chi connectivity index (χ3v) is 7.16. The Kier molecular flexibility index (Phi) is 5.64. The molecule has 30 heavy (non-hydrogen) atoms. The third kappa shape index (κ3) is 3.53. The fraction of sp³-hybridized carbons (Fsp3) is 0.560. The lowest BCUT2D eigenvalue weighted by Crippen LogP contribution is -2.63. The van der Waals surface area contributed by atoms with Crippen molar-refractivity contribution in [2.75, 3.05) is 44.7 Å². The molecule has 2 fully saturated rings. The Labute approximate surface area is 180 Å². The minimum atomic E-state index is -1.12. The highest BCUT2D eigenvalue weighted by atomic mass is 16.3. The molecule has 0 bridgehead atoms. The van der Waals surface area contributed by atoms with Crippen molar-refractivity contribution in [1.82, 2.24) is 9.88 Å². The standard InChI is InChI=1S/C25H35N3O2/c1-18(2)20-5-7-21(8-6-20)25(30,24(3)16-27(4)17-24)22-11-23(13-26-12-22)28-10-9-19(14-28)15-29/h5-8,11-13,18-19,29-30H,9-10,14-17H2,1-4H3/t19-,25?/m0/s1. The van der Waals surface area contributed by atoms with Crippen LogP contribution in [-0.2, 0) is 5.60 Å². The molecule has 2 atom stereocenters. The maximum absolute atomic E-state index is 12.3. The van der Waals surface area contributed by atoms with Crippen LogP contribution in [0.5, 0.6) is 0 Å². The van der Waals surface area contributed by atoms with Gasteiger partial charge in [-0.15, -0.1) is 0 Å². The van der Waals surface area contributed by atoms with Crippen LogP contribution in [0, 0.1) is 11.3 Å². The van der Waals surface area contributed by atoms with Gasteiger partial charge in [0.2, 0.25) is 0 Å². The molecule has 2 aromatic rings. The highest BCUT2D eigenvalue weighted by Gasteiger charge is 2.55. The van der Waals surface area contributed by atoms with Crippen LogP contribution in [-0.4, -0.2) is 59.9 Å². The summed E-state index contributed by atoms with van der Waals surface area (Å²) in [6.45, 7) is 10.2. The van der Waals surface area contributed by atoms with Crippen molar-refractivity contribution in [3.8, 4) is 0 Å². The smallest absolute Gasteiger partial charge is 0.124 e. The average Bonchev–Trinajstić information content (AvgIpc) is 3.21. The van der Waals surface area contributed by atoms with E-state index in [2.05, 4.69) is 72.9 Å². The summed E-state index contributed by atoms with van der Waals surface area (Å²) in [5, 5.41) is 21.8. The Morgan fingerprint density at radius 3 is 2.43 bits per heavy atom. The van der Waals surface area contributed by atoms with Crippen molar-refractivity contribution in [3.05, 3.63) is 59.4 Å². The van der Waals surface area contributed by atoms with Crippen molar-refractivity contribution in [1.29, 1.82) is 0 Å². The topological polar surface area (TPSA) is 59.8 Å². The molecule has 2 saturated heterocycles. The summed E-state index contributed by atoms with van der Waals surface area (Å²) in [6, 6.07) is 10.6. The van der Waals surface area contributed by atoms with E-state index in [4.69, 9.17) is 0 Å². The first-order chi connectivity index (χ1) is 14.3. The zero-order chi connectivity index (χ0) is 21.5. The van der Waals surface area contributed by atoms with Crippen molar-refractivity contribution >= 4 is 5.69 Å². The van der Waals surface area contributed by atoms with E-state index in [9.17, 15) is 10.2 Å². The molecule has 5 nitrogen and oxygen atoms in total. The molecule has 5 heteroatoms. The summed E-state index contributed by atoms with van der Waals surface area (Å²) >= 11 is 0. The third-order valence-electron chi connectivity index (χ3n) is 7.16. The molecular weight excluding hydrogens is 374 g/mol. The summed E-state index contributed by atoms with van der Waals surface area (Å²) in [5.74, 6) is 0.770. The molecule has 4 rings (SSSR count). The van der Waals surface area contributed by atoms with Crippen LogP contribution in [0.2, 0.25) is 0 Å². The summed E-state index contributed by atoms with van der Waals surface area (Å²) < 4.78 is 0. The van der Waals surface area contributed by atoms with Gasteiger partial charge in [0, 0.05) is 55.9 Å². The van der Waals surface area contributed by atoms with Gasteiger partial charge < -0.3 is 20.0 Å². The highest BCUT2D eigenvalue weighted by Crippen LogP contribution is 2.50. The zero-order valence-electron chi connectivity index (χ0n) is 18.7. The van der Waals surface area contributed by atoms with Gasteiger partial charge in [-0.05, 0) is 36.6 Å². The predicted octanol–water partition coefficient (Wildman–Crippen LogP) is 3.21. The fourth-order valence-corrected chi connectivity index (χ4v) is 5.36. The lowest BCUT2D eigenvalue weighted by Gasteiger charge is -2.56.